The van der Waals surface area contributed by atoms with Crippen molar-refractivity contribution in [1.29, 1.82) is 0 Å². The molecule has 0 saturated heterocycles. The minimum absolute atomic E-state index is 0.440. The van der Waals surface area contributed by atoms with Gasteiger partial charge in [-0.15, -0.1) is 0 Å². The van der Waals surface area contributed by atoms with Gasteiger partial charge in [-0.2, -0.15) is 0 Å². The van der Waals surface area contributed by atoms with Gasteiger partial charge in [0.1, 0.15) is 5.75 Å². The number of quaternary nitrogens is 1. The van der Waals surface area contributed by atoms with Crippen molar-refractivity contribution in [2.24, 2.45) is 35.0 Å². The number of phenols is 2. The Hall–Kier alpha value is -3.56. The van der Waals surface area contributed by atoms with Crippen LogP contribution in [0.15, 0.2) is 78.9 Å². The first kappa shape index (κ1) is 38.7. The maximum absolute atomic E-state index is 11.8. The largest absolute Gasteiger partial charge is 0.507 e. The molecule has 2 saturated carbocycles. The average Bonchev–Trinajstić information content (AvgIpc) is 3.70. The summed E-state index contributed by atoms with van der Waals surface area (Å²) in [5, 5.41) is 23.5. The van der Waals surface area contributed by atoms with Crippen LogP contribution in [0.3, 0.4) is 0 Å². The zero-order valence-corrected chi connectivity index (χ0v) is 34.5. The third-order valence-corrected chi connectivity index (χ3v) is 14.7. The van der Waals surface area contributed by atoms with Crippen LogP contribution >= 0.6 is 0 Å². The highest BCUT2D eigenvalue weighted by Gasteiger charge is 2.51. The normalized spacial score (nSPS) is 24.4. The second kappa shape index (κ2) is 15.9. The Morgan fingerprint density at radius 1 is 0.778 bits per heavy atom. The number of benzene rings is 4. The lowest BCUT2D eigenvalue weighted by molar-refractivity contribution is 0.292. The standard InChI is InChI=1S/C51H67NO2/c1-8-38(30-41-28-36(4)29-45(49(41)53)40-27-25-35(3)32-51(6)33-42(51)31-40)37(5)17-10-9-16-34(2)24-26-39-18-15-23-48(50(39)54)52(7)46-21-13-11-19-43(46)44-20-12-14-22-47(44)52/h11-15,18-23,28-29,34-35,37-38,40,42H,8-10,16-17,24-27,30-33H2,1-7H3,(H-,53,54)/p+1. The molecule has 4 aromatic carbocycles. The van der Waals surface area contributed by atoms with Crippen LogP contribution in [0.1, 0.15) is 133 Å². The van der Waals surface area contributed by atoms with Crippen molar-refractivity contribution in [2.45, 2.75) is 131 Å². The summed E-state index contributed by atoms with van der Waals surface area (Å²) in [6, 6.07) is 28.2. The van der Waals surface area contributed by atoms with Gasteiger partial charge in [-0.3, -0.25) is 0 Å². The van der Waals surface area contributed by atoms with E-state index in [4.69, 9.17) is 0 Å². The molecular weight excluding hydrogens is 659 g/mol. The lowest BCUT2D eigenvalue weighted by atomic mass is 9.77. The zero-order valence-electron chi connectivity index (χ0n) is 34.5. The van der Waals surface area contributed by atoms with E-state index in [1.54, 1.807) is 0 Å². The molecule has 7 unspecified atom stereocenters. The van der Waals surface area contributed by atoms with Crippen LogP contribution in [-0.2, 0) is 12.8 Å². The molecule has 1 aliphatic heterocycles. The quantitative estimate of drug-likeness (QED) is 0.100. The lowest BCUT2D eigenvalue weighted by Crippen LogP contribution is -2.31. The van der Waals surface area contributed by atoms with Crippen LogP contribution in [-0.4, -0.2) is 17.3 Å². The third-order valence-electron chi connectivity index (χ3n) is 14.7. The highest BCUT2D eigenvalue weighted by atomic mass is 16.3. The molecule has 7 rings (SSSR count). The number of hydrogen-bond donors (Lipinski definition) is 2. The molecule has 3 heteroatoms. The second-order valence-electron chi connectivity index (χ2n) is 18.8. The molecule has 288 valence electrons. The van der Waals surface area contributed by atoms with Gasteiger partial charge in [0.15, 0.2) is 22.8 Å². The fraction of sp³-hybridized carbons (Fsp3) is 0.529. The molecule has 4 aromatic rings. The van der Waals surface area contributed by atoms with Crippen LogP contribution in [0, 0.1) is 41.9 Å². The van der Waals surface area contributed by atoms with E-state index in [-0.39, 0.29) is 0 Å². The summed E-state index contributed by atoms with van der Waals surface area (Å²) in [7, 11) is 2.22. The highest BCUT2D eigenvalue weighted by molar-refractivity contribution is 5.98. The van der Waals surface area contributed by atoms with Crippen molar-refractivity contribution in [2.75, 3.05) is 7.05 Å². The van der Waals surface area contributed by atoms with Gasteiger partial charge in [-0.25, -0.2) is 4.48 Å². The number of aromatic hydroxyl groups is 2. The Bertz CT molecular complexity index is 1880. The highest BCUT2D eigenvalue weighted by Crippen LogP contribution is 2.62. The van der Waals surface area contributed by atoms with Crippen LogP contribution < -0.4 is 4.48 Å². The van der Waals surface area contributed by atoms with E-state index in [1.807, 2.05) is 0 Å². The van der Waals surface area contributed by atoms with Crippen LogP contribution in [0.25, 0.3) is 11.1 Å². The van der Waals surface area contributed by atoms with Crippen molar-refractivity contribution in [3.63, 3.8) is 0 Å². The number of rotatable bonds is 14. The van der Waals surface area contributed by atoms with E-state index in [0.29, 0.717) is 45.1 Å². The van der Waals surface area contributed by atoms with Gasteiger partial charge < -0.3 is 10.2 Å². The molecular formula is C51H68NO2+. The van der Waals surface area contributed by atoms with E-state index < -0.39 is 0 Å². The first-order valence-electron chi connectivity index (χ1n) is 21.6. The summed E-state index contributed by atoms with van der Waals surface area (Å²) < 4.78 is 0.489. The number of aryl methyl sites for hydroxylation is 2. The summed E-state index contributed by atoms with van der Waals surface area (Å²) >= 11 is 0. The minimum atomic E-state index is 0.440. The van der Waals surface area contributed by atoms with Crippen molar-refractivity contribution in [1.82, 2.24) is 4.48 Å². The molecule has 7 atom stereocenters. The minimum Gasteiger partial charge on any atom is -0.507 e. The number of nitrogens with zero attached hydrogens (tertiary/aromatic N) is 1. The monoisotopic (exact) mass is 727 g/mol. The Morgan fingerprint density at radius 3 is 2.15 bits per heavy atom. The zero-order chi connectivity index (χ0) is 38.2. The lowest BCUT2D eigenvalue weighted by Gasteiger charge is -2.31. The summed E-state index contributed by atoms with van der Waals surface area (Å²) in [4.78, 5) is 0. The number of para-hydroxylation sites is 3. The fourth-order valence-corrected chi connectivity index (χ4v) is 11.1. The molecule has 0 radical (unpaired) electrons. The Labute approximate surface area is 327 Å². The number of fused-ring (bicyclic) bond motifs is 4. The summed E-state index contributed by atoms with van der Waals surface area (Å²) in [5.74, 6) is 5.00. The van der Waals surface area contributed by atoms with E-state index in [1.165, 1.54) is 97.0 Å². The maximum atomic E-state index is 11.8. The number of phenolic OH excluding ortho intramolecular Hbond substituents is 2. The van der Waals surface area contributed by atoms with Gasteiger partial charge in [-0.05, 0) is 116 Å². The van der Waals surface area contributed by atoms with Gasteiger partial charge in [0.2, 0.25) is 0 Å². The summed E-state index contributed by atoms with van der Waals surface area (Å²) in [6.07, 6.45) is 15.6. The summed E-state index contributed by atoms with van der Waals surface area (Å²) in [6.45, 7) is 14.4. The first-order chi connectivity index (χ1) is 25.9. The Morgan fingerprint density at radius 2 is 1.44 bits per heavy atom. The van der Waals surface area contributed by atoms with Crippen molar-refractivity contribution >= 4 is 17.1 Å². The predicted molar refractivity (Wildman–Crippen MR) is 229 cm³/mol. The van der Waals surface area contributed by atoms with Crippen LogP contribution in [0.2, 0.25) is 0 Å². The maximum Gasteiger partial charge on any atom is 0.185 e. The number of unbranched alkanes of at least 4 members (excludes halogenated alkanes) is 1. The number of hydrogen-bond acceptors (Lipinski definition) is 2. The summed E-state index contributed by atoms with van der Waals surface area (Å²) in [5.41, 5.74) is 11.2. The predicted octanol–water partition coefficient (Wildman–Crippen LogP) is 14.3. The average molecular weight is 727 g/mol. The van der Waals surface area contributed by atoms with Crippen LogP contribution in [0.4, 0.5) is 17.1 Å². The van der Waals surface area contributed by atoms with Gasteiger partial charge in [0, 0.05) is 34.9 Å². The fourth-order valence-electron chi connectivity index (χ4n) is 11.1. The molecule has 2 fully saturated rings. The van der Waals surface area contributed by atoms with Gasteiger partial charge in [0.25, 0.3) is 0 Å². The van der Waals surface area contributed by atoms with Gasteiger partial charge >= 0.3 is 0 Å². The van der Waals surface area contributed by atoms with E-state index in [9.17, 15) is 10.2 Å². The third kappa shape index (κ3) is 7.64. The SMILES string of the molecule is CCC(Cc1cc(C)cc(C2CCC(C)CC3(C)CC3C2)c1O)C(C)CCCCC(C)CCc1cccc([N+]2(C)c3ccccc3-c3ccccc32)c1O. The van der Waals surface area contributed by atoms with Crippen molar-refractivity contribution < 1.29 is 10.2 Å². The Balaban J connectivity index is 0.920. The van der Waals surface area contributed by atoms with E-state index in [2.05, 4.69) is 127 Å². The molecule has 2 N–H and O–H groups in total. The van der Waals surface area contributed by atoms with Crippen molar-refractivity contribution in [3.8, 4) is 22.6 Å². The molecule has 0 amide bonds. The molecule has 0 aromatic heterocycles. The van der Waals surface area contributed by atoms with Crippen LogP contribution in [0.5, 0.6) is 11.5 Å². The van der Waals surface area contributed by atoms with Gasteiger partial charge in [0.05, 0.1) is 7.05 Å². The first-order valence-corrected chi connectivity index (χ1v) is 21.6. The molecule has 54 heavy (non-hydrogen) atoms. The molecule has 3 nitrogen and oxygen atoms in total. The molecule has 2 aliphatic carbocycles. The second-order valence-corrected chi connectivity index (χ2v) is 18.8. The smallest absolute Gasteiger partial charge is 0.185 e. The van der Waals surface area contributed by atoms with E-state index >= 15 is 0 Å². The Kier molecular flexibility index (Phi) is 11.4. The van der Waals surface area contributed by atoms with Crippen molar-refractivity contribution in [3.05, 3.63) is 101 Å². The van der Waals surface area contributed by atoms with E-state index in [0.717, 1.165) is 48.8 Å². The molecule has 0 spiro atoms. The molecule has 0 bridgehead atoms. The molecule has 1 heterocycles. The topological polar surface area (TPSA) is 40.5 Å². The van der Waals surface area contributed by atoms with Gasteiger partial charge in [-0.1, -0.05) is 127 Å². The molecule has 3 aliphatic rings.